The highest BCUT2D eigenvalue weighted by atomic mass is 79.9. The van der Waals surface area contributed by atoms with E-state index in [0.717, 1.165) is 5.56 Å². The summed E-state index contributed by atoms with van der Waals surface area (Å²) in [6.45, 7) is 3.82. The quantitative estimate of drug-likeness (QED) is 0.827. The first kappa shape index (κ1) is 9.40. The van der Waals surface area contributed by atoms with Gasteiger partial charge >= 0.3 is 0 Å². The average molecular weight is 257 g/mol. The number of benzene rings is 1. The van der Waals surface area contributed by atoms with E-state index < -0.39 is 0 Å². The summed E-state index contributed by atoms with van der Waals surface area (Å²) in [6.07, 6.45) is 2.32. The minimum absolute atomic E-state index is 0.189. The molecule has 1 heterocycles. The fourth-order valence-electron chi connectivity index (χ4n) is 1.35. The standard InChI is InChI=1S/C10H9BrO3/c1-2-3-6-4-7-10(14-5-13-7)8(11)9(6)12/h2,4,12H,1,3,5H2. The Morgan fingerprint density at radius 3 is 3.07 bits per heavy atom. The van der Waals surface area contributed by atoms with Gasteiger partial charge in [-0.2, -0.15) is 0 Å². The molecule has 0 atom stereocenters. The Morgan fingerprint density at radius 1 is 1.57 bits per heavy atom. The van der Waals surface area contributed by atoms with E-state index in [-0.39, 0.29) is 12.5 Å². The Balaban J connectivity index is 2.54. The molecule has 0 amide bonds. The lowest BCUT2D eigenvalue weighted by Crippen LogP contribution is -1.93. The molecule has 0 radical (unpaired) electrons. The van der Waals surface area contributed by atoms with Crippen LogP contribution in [0, 0.1) is 0 Å². The lowest BCUT2D eigenvalue weighted by atomic mass is 10.1. The van der Waals surface area contributed by atoms with Crippen molar-refractivity contribution >= 4 is 15.9 Å². The van der Waals surface area contributed by atoms with Crippen LogP contribution < -0.4 is 9.47 Å². The summed E-state index contributed by atoms with van der Waals surface area (Å²) < 4.78 is 11.0. The molecule has 1 aromatic carbocycles. The summed E-state index contributed by atoms with van der Waals surface area (Å²) >= 11 is 3.26. The van der Waals surface area contributed by atoms with Crippen LogP contribution in [0.1, 0.15) is 5.56 Å². The van der Waals surface area contributed by atoms with Gasteiger partial charge in [0, 0.05) is 5.56 Å². The first-order valence-electron chi connectivity index (χ1n) is 4.15. The molecule has 1 aliphatic heterocycles. The zero-order valence-electron chi connectivity index (χ0n) is 7.42. The number of allylic oxidation sites excluding steroid dienone is 1. The van der Waals surface area contributed by atoms with Gasteiger partial charge in [-0.15, -0.1) is 6.58 Å². The van der Waals surface area contributed by atoms with Crippen LogP contribution >= 0.6 is 15.9 Å². The van der Waals surface area contributed by atoms with E-state index in [4.69, 9.17) is 9.47 Å². The molecule has 0 saturated heterocycles. The van der Waals surface area contributed by atoms with Crippen molar-refractivity contribution in [3.63, 3.8) is 0 Å². The molecule has 74 valence electrons. The molecular weight excluding hydrogens is 248 g/mol. The number of hydrogen-bond donors (Lipinski definition) is 1. The van der Waals surface area contributed by atoms with Crippen molar-refractivity contribution < 1.29 is 14.6 Å². The van der Waals surface area contributed by atoms with E-state index in [1.165, 1.54) is 0 Å². The normalized spacial score (nSPS) is 12.9. The summed E-state index contributed by atoms with van der Waals surface area (Å²) in [5.74, 6) is 1.41. The van der Waals surface area contributed by atoms with Crippen LogP contribution in [0.25, 0.3) is 0 Å². The molecule has 14 heavy (non-hydrogen) atoms. The predicted molar refractivity (Wildman–Crippen MR) is 55.8 cm³/mol. The van der Waals surface area contributed by atoms with Gasteiger partial charge in [0.2, 0.25) is 6.79 Å². The fourth-order valence-corrected chi connectivity index (χ4v) is 1.92. The van der Waals surface area contributed by atoms with Crippen LogP contribution in [-0.2, 0) is 6.42 Å². The van der Waals surface area contributed by atoms with Crippen molar-refractivity contribution in [2.45, 2.75) is 6.42 Å². The van der Waals surface area contributed by atoms with E-state index in [2.05, 4.69) is 22.5 Å². The van der Waals surface area contributed by atoms with Crippen LogP contribution in [0.5, 0.6) is 17.2 Å². The lowest BCUT2D eigenvalue weighted by molar-refractivity contribution is 0.173. The Morgan fingerprint density at radius 2 is 2.36 bits per heavy atom. The molecule has 0 unspecified atom stereocenters. The van der Waals surface area contributed by atoms with Crippen molar-refractivity contribution in [3.05, 3.63) is 28.8 Å². The third-order valence-corrected chi connectivity index (χ3v) is 2.76. The Kier molecular flexibility index (Phi) is 2.37. The highest BCUT2D eigenvalue weighted by Gasteiger charge is 2.21. The van der Waals surface area contributed by atoms with Crippen molar-refractivity contribution in [2.75, 3.05) is 6.79 Å². The van der Waals surface area contributed by atoms with E-state index in [9.17, 15) is 5.11 Å². The van der Waals surface area contributed by atoms with Crippen molar-refractivity contribution in [3.8, 4) is 17.2 Å². The first-order valence-corrected chi connectivity index (χ1v) is 4.94. The molecule has 2 rings (SSSR count). The molecule has 0 bridgehead atoms. The second-order valence-electron chi connectivity index (χ2n) is 2.92. The molecular formula is C10H9BrO3. The van der Waals surface area contributed by atoms with Gasteiger partial charge < -0.3 is 14.6 Å². The lowest BCUT2D eigenvalue weighted by Gasteiger charge is -2.06. The predicted octanol–water partition coefficient (Wildman–Crippen LogP) is 2.61. The second-order valence-corrected chi connectivity index (χ2v) is 3.72. The largest absolute Gasteiger partial charge is 0.506 e. The van der Waals surface area contributed by atoms with E-state index >= 15 is 0 Å². The maximum absolute atomic E-state index is 9.76. The van der Waals surface area contributed by atoms with Crippen LogP contribution in [0.15, 0.2) is 23.2 Å². The molecule has 1 aromatic rings. The Bertz CT molecular complexity index is 387. The Hall–Kier alpha value is -1.16. The number of rotatable bonds is 2. The highest BCUT2D eigenvalue weighted by Crippen LogP contribution is 2.46. The van der Waals surface area contributed by atoms with Crippen LogP contribution in [0.3, 0.4) is 0 Å². The number of ether oxygens (including phenoxy) is 2. The molecule has 0 aromatic heterocycles. The molecule has 1 aliphatic rings. The van der Waals surface area contributed by atoms with E-state index in [1.807, 2.05) is 0 Å². The number of aromatic hydroxyl groups is 1. The smallest absolute Gasteiger partial charge is 0.231 e. The van der Waals surface area contributed by atoms with Crippen molar-refractivity contribution in [2.24, 2.45) is 0 Å². The van der Waals surface area contributed by atoms with Gasteiger partial charge in [0.05, 0.1) is 0 Å². The monoisotopic (exact) mass is 256 g/mol. The third-order valence-electron chi connectivity index (χ3n) is 2.02. The number of hydrogen-bond acceptors (Lipinski definition) is 3. The maximum Gasteiger partial charge on any atom is 0.231 e. The zero-order valence-corrected chi connectivity index (χ0v) is 9.00. The minimum Gasteiger partial charge on any atom is -0.506 e. The molecule has 3 nitrogen and oxygen atoms in total. The zero-order chi connectivity index (χ0) is 10.1. The van der Waals surface area contributed by atoms with Crippen LogP contribution in [-0.4, -0.2) is 11.9 Å². The summed E-state index contributed by atoms with van der Waals surface area (Å²) in [7, 11) is 0. The molecule has 1 N–H and O–H groups in total. The molecule has 0 saturated carbocycles. The SMILES string of the molecule is C=CCc1cc2c(c(Br)c1O)OCO2. The minimum atomic E-state index is 0.189. The number of fused-ring (bicyclic) bond motifs is 1. The van der Waals surface area contributed by atoms with Gasteiger partial charge in [0.1, 0.15) is 10.2 Å². The van der Waals surface area contributed by atoms with E-state index in [1.54, 1.807) is 12.1 Å². The average Bonchev–Trinajstić information content (AvgIpc) is 2.62. The van der Waals surface area contributed by atoms with Gasteiger partial charge in [-0.25, -0.2) is 0 Å². The molecule has 0 fully saturated rings. The number of halogens is 1. The first-order chi connectivity index (χ1) is 6.74. The third kappa shape index (κ3) is 1.35. The fraction of sp³-hybridized carbons (Fsp3) is 0.200. The van der Waals surface area contributed by atoms with Crippen LogP contribution in [0.2, 0.25) is 0 Å². The van der Waals surface area contributed by atoms with Gasteiger partial charge in [-0.05, 0) is 28.4 Å². The van der Waals surface area contributed by atoms with Crippen molar-refractivity contribution in [1.29, 1.82) is 0 Å². The number of phenolic OH excluding ortho intramolecular Hbond substituents is 1. The maximum atomic E-state index is 9.76. The molecule has 4 heteroatoms. The summed E-state index contributed by atoms with van der Waals surface area (Å²) in [4.78, 5) is 0. The van der Waals surface area contributed by atoms with Crippen LogP contribution in [0.4, 0.5) is 0 Å². The van der Waals surface area contributed by atoms with E-state index in [0.29, 0.717) is 22.4 Å². The summed E-state index contributed by atoms with van der Waals surface area (Å²) in [6, 6.07) is 1.77. The molecule has 0 spiro atoms. The highest BCUT2D eigenvalue weighted by molar-refractivity contribution is 9.10. The topological polar surface area (TPSA) is 38.7 Å². The summed E-state index contributed by atoms with van der Waals surface area (Å²) in [5.41, 5.74) is 0.774. The Labute approximate surface area is 90.1 Å². The molecule has 0 aliphatic carbocycles. The van der Waals surface area contributed by atoms with Crippen molar-refractivity contribution in [1.82, 2.24) is 0 Å². The number of phenols is 1. The van der Waals surface area contributed by atoms with Gasteiger partial charge in [0.15, 0.2) is 11.5 Å². The van der Waals surface area contributed by atoms with Gasteiger partial charge in [0.25, 0.3) is 0 Å². The summed E-state index contributed by atoms with van der Waals surface area (Å²) in [5, 5.41) is 9.76. The van der Waals surface area contributed by atoms with Gasteiger partial charge in [-0.1, -0.05) is 6.08 Å². The second kappa shape index (κ2) is 3.53. The van der Waals surface area contributed by atoms with Gasteiger partial charge in [-0.3, -0.25) is 0 Å².